The second kappa shape index (κ2) is 5.07. The van der Waals surface area contributed by atoms with E-state index in [1.807, 2.05) is 6.92 Å². The Labute approximate surface area is 105 Å². The minimum absolute atomic E-state index is 0.189. The summed E-state index contributed by atoms with van der Waals surface area (Å²) in [5.41, 5.74) is 0.395. The van der Waals surface area contributed by atoms with Gasteiger partial charge in [-0.2, -0.15) is 18.3 Å². The van der Waals surface area contributed by atoms with Crippen LogP contribution in [0.25, 0.3) is 0 Å². The van der Waals surface area contributed by atoms with Crippen molar-refractivity contribution >= 4 is 21.8 Å². The Hall–Kier alpha value is -1.05. The quantitative estimate of drug-likeness (QED) is 0.858. The van der Waals surface area contributed by atoms with Crippen molar-refractivity contribution in [3.05, 3.63) is 16.4 Å². The first kappa shape index (κ1) is 14.0. The van der Waals surface area contributed by atoms with E-state index in [4.69, 9.17) is 0 Å². The number of hydrogen-bond donors (Lipinski definition) is 0. The van der Waals surface area contributed by atoms with Gasteiger partial charge < -0.3 is 4.90 Å². The number of aryl methyl sites for hydroxylation is 1. The van der Waals surface area contributed by atoms with Gasteiger partial charge >= 0.3 is 12.1 Å². The second-order valence-corrected chi connectivity index (χ2v) is 4.29. The number of carbonyl (C=O) groups is 1. The molecule has 0 aliphatic carbocycles. The summed E-state index contributed by atoms with van der Waals surface area (Å²) in [5.74, 6) is -1.88. The summed E-state index contributed by atoms with van der Waals surface area (Å²) < 4.78 is 38.6. The summed E-state index contributed by atoms with van der Waals surface area (Å²) in [6.45, 7) is 2.27. The molecule has 0 bridgehead atoms. The van der Waals surface area contributed by atoms with Crippen molar-refractivity contribution < 1.29 is 18.0 Å². The maximum Gasteiger partial charge on any atom is 0.471 e. The van der Waals surface area contributed by atoms with Gasteiger partial charge in [0, 0.05) is 19.8 Å². The normalized spacial score (nSPS) is 11.6. The number of rotatable bonds is 3. The highest BCUT2D eigenvalue weighted by molar-refractivity contribution is 9.10. The van der Waals surface area contributed by atoms with Crippen LogP contribution in [0.1, 0.15) is 12.6 Å². The molecule has 0 saturated heterocycles. The van der Waals surface area contributed by atoms with Crippen LogP contribution in [0.3, 0.4) is 0 Å². The van der Waals surface area contributed by atoms with E-state index < -0.39 is 12.1 Å². The molecule has 0 N–H and O–H groups in total. The van der Waals surface area contributed by atoms with Gasteiger partial charge in [-0.05, 0) is 22.9 Å². The fourth-order valence-electron chi connectivity index (χ4n) is 1.22. The largest absolute Gasteiger partial charge is 0.471 e. The molecule has 4 nitrogen and oxygen atoms in total. The van der Waals surface area contributed by atoms with E-state index >= 15 is 0 Å². The van der Waals surface area contributed by atoms with Crippen molar-refractivity contribution in [1.29, 1.82) is 0 Å². The first-order chi connectivity index (χ1) is 7.75. The summed E-state index contributed by atoms with van der Waals surface area (Å²) in [5, 5.41) is 4.04. The first-order valence-corrected chi connectivity index (χ1v) is 5.59. The Morgan fingerprint density at radius 2 is 2.18 bits per heavy atom. The topological polar surface area (TPSA) is 38.1 Å². The van der Waals surface area contributed by atoms with Crippen molar-refractivity contribution in [2.75, 3.05) is 7.05 Å². The molecule has 17 heavy (non-hydrogen) atoms. The zero-order valence-electron chi connectivity index (χ0n) is 9.25. The molecule has 1 heterocycles. The monoisotopic (exact) mass is 313 g/mol. The lowest BCUT2D eigenvalue weighted by atomic mass is 10.4. The summed E-state index contributed by atoms with van der Waals surface area (Å²) in [7, 11) is 1.09. The minimum Gasteiger partial charge on any atom is -0.332 e. The summed E-state index contributed by atoms with van der Waals surface area (Å²) >= 11 is 3.18. The third kappa shape index (κ3) is 3.45. The minimum atomic E-state index is -4.85. The Morgan fingerprint density at radius 3 is 2.59 bits per heavy atom. The average Bonchev–Trinajstić information content (AvgIpc) is 2.57. The maximum absolute atomic E-state index is 12.1. The molecule has 0 aliphatic rings. The number of aromatic nitrogens is 2. The van der Waals surface area contributed by atoms with Gasteiger partial charge in [-0.15, -0.1) is 0 Å². The zero-order valence-corrected chi connectivity index (χ0v) is 10.8. The SMILES string of the molecule is CCn1cc(Br)c(CN(C)C(=O)C(F)(F)F)n1. The van der Waals surface area contributed by atoms with E-state index in [0.29, 0.717) is 21.6 Å². The summed E-state index contributed by atoms with van der Waals surface area (Å²) in [6.07, 6.45) is -3.20. The first-order valence-electron chi connectivity index (χ1n) is 4.79. The van der Waals surface area contributed by atoms with Gasteiger partial charge in [0.05, 0.1) is 16.7 Å². The molecule has 0 fully saturated rings. The van der Waals surface area contributed by atoms with Crippen molar-refractivity contribution in [2.24, 2.45) is 0 Å². The average molecular weight is 314 g/mol. The van der Waals surface area contributed by atoms with Crippen LogP contribution in [0.5, 0.6) is 0 Å². The van der Waals surface area contributed by atoms with E-state index in [2.05, 4.69) is 21.0 Å². The van der Waals surface area contributed by atoms with Crippen molar-refractivity contribution in [3.8, 4) is 0 Å². The molecule has 0 aliphatic heterocycles. The van der Waals surface area contributed by atoms with Crippen LogP contribution in [-0.2, 0) is 17.9 Å². The van der Waals surface area contributed by atoms with Crippen LogP contribution in [0.2, 0.25) is 0 Å². The van der Waals surface area contributed by atoms with E-state index in [0.717, 1.165) is 7.05 Å². The highest BCUT2D eigenvalue weighted by Crippen LogP contribution is 2.21. The fourth-order valence-corrected chi connectivity index (χ4v) is 1.66. The van der Waals surface area contributed by atoms with Gasteiger partial charge in [-0.3, -0.25) is 9.48 Å². The Balaban J connectivity index is 2.77. The molecule has 1 aromatic rings. The zero-order chi connectivity index (χ0) is 13.2. The Morgan fingerprint density at radius 1 is 1.59 bits per heavy atom. The highest BCUT2D eigenvalue weighted by atomic mass is 79.9. The number of carbonyl (C=O) groups excluding carboxylic acids is 1. The lowest BCUT2D eigenvalue weighted by Crippen LogP contribution is -2.38. The van der Waals surface area contributed by atoms with Crippen LogP contribution in [0.4, 0.5) is 13.2 Å². The van der Waals surface area contributed by atoms with Crippen LogP contribution in [0.15, 0.2) is 10.7 Å². The molecule has 1 amide bonds. The Kier molecular flexibility index (Phi) is 4.18. The molecule has 8 heteroatoms. The molecule has 0 saturated carbocycles. The molecule has 0 unspecified atom stereocenters. The van der Waals surface area contributed by atoms with Gasteiger partial charge in [0.15, 0.2) is 0 Å². The predicted molar refractivity (Wildman–Crippen MR) is 58.1 cm³/mol. The molecule has 0 atom stereocenters. The fraction of sp³-hybridized carbons (Fsp3) is 0.556. The third-order valence-corrected chi connectivity index (χ3v) is 2.75. The van der Waals surface area contributed by atoms with Crippen LogP contribution in [0, 0.1) is 0 Å². The van der Waals surface area contributed by atoms with Crippen LogP contribution >= 0.6 is 15.9 Å². The molecule has 0 spiro atoms. The van der Waals surface area contributed by atoms with Crippen molar-refractivity contribution in [2.45, 2.75) is 26.2 Å². The van der Waals surface area contributed by atoms with E-state index in [1.165, 1.54) is 0 Å². The molecular formula is C9H11BrF3N3O. The number of nitrogens with zero attached hydrogens (tertiary/aromatic N) is 3. The van der Waals surface area contributed by atoms with E-state index in [-0.39, 0.29) is 6.54 Å². The molecule has 96 valence electrons. The van der Waals surface area contributed by atoms with Crippen LogP contribution < -0.4 is 0 Å². The molecule has 1 aromatic heterocycles. The number of amides is 1. The lowest BCUT2D eigenvalue weighted by Gasteiger charge is -2.17. The van der Waals surface area contributed by atoms with Crippen molar-refractivity contribution in [1.82, 2.24) is 14.7 Å². The standard InChI is InChI=1S/C9H11BrF3N3O/c1-3-16-4-6(10)7(14-16)5-15(2)8(17)9(11,12)13/h4H,3,5H2,1-2H3. The van der Waals surface area contributed by atoms with Gasteiger partial charge in [-0.25, -0.2) is 0 Å². The highest BCUT2D eigenvalue weighted by Gasteiger charge is 2.41. The van der Waals surface area contributed by atoms with E-state index in [1.54, 1.807) is 10.9 Å². The summed E-state index contributed by atoms with van der Waals surface area (Å²) in [4.78, 5) is 11.5. The van der Waals surface area contributed by atoms with Gasteiger partial charge in [0.2, 0.25) is 0 Å². The number of halogens is 4. The smallest absolute Gasteiger partial charge is 0.332 e. The molecule has 0 aromatic carbocycles. The number of alkyl halides is 3. The van der Waals surface area contributed by atoms with Gasteiger partial charge in [0.1, 0.15) is 0 Å². The van der Waals surface area contributed by atoms with Gasteiger partial charge in [0.25, 0.3) is 0 Å². The summed E-state index contributed by atoms with van der Waals surface area (Å²) in [6, 6.07) is 0. The second-order valence-electron chi connectivity index (χ2n) is 3.44. The molecule has 0 radical (unpaired) electrons. The number of hydrogen-bond acceptors (Lipinski definition) is 2. The van der Waals surface area contributed by atoms with Gasteiger partial charge in [-0.1, -0.05) is 0 Å². The predicted octanol–water partition coefficient (Wildman–Crippen LogP) is 2.19. The molecule has 1 rings (SSSR count). The van der Waals surface area contributed by atoms with Crippen LogP contribution in [-0.4, -0.2) is 33.8 Å². The maximum atomic E-state index is 12.1. The van der Waals surface area contributed by atoms with Crippen molar-refractivity contribution in [3.63, 3.8) is 0 Å². The molecular weight excluding hydrogens is 303 g/mol. The third-order valence-electron chi connectivity index (χ3n) is 2.09. The van der Waals surface area contributed by atoms with E-state index in [9.17, 15) is 18.0 Å². The lowest BCUT2D eigenvalue weighted by molar-refractivity contribution is -0.184. The Bertz CT molecular complexity index is 416.